The smallest absolute Gasteiger partial charge is 0.312 e. The highest BCUT2D eigenvalue weighted by atomic mass is 35.5. The van der Waals surface area contributed by atoms with Gasteiger partial charge in [-0.05, 0) is 26.8 Å². The fourth-order valence-electron chi connectivity index (χ4n) is 2.69. The van der Waals surface area contributed by atoms with E-state index in [-0.39, 0.29) is 11.9 Å². The quantitative estimate of drug-likeness (QED) is 0.613. The van der Waals surface area contributed by atoms with Crippen molar-refractivity contribution in [3.05, 3.63) is 22.5 Å². The zero-order valence-electron chi connectivity index (χ0n) is 15.5. The minimum atomic E-state index is -0.610. The Labute approximate surface area is 157 Å². The highest BCUT2D eigenvalue weighted by Crippen LogP contribution is 2.20. The van der Waals surface area contributed by atoms with E-state index >= 15 is 0 Å². The molecule has 1 saturated heterocycles. The number of aromatic nitrogens is 2. The van der Waals surface area contributed by atoms with Gasteiger partial charge in [-0.2, -0.15) is 5.10 Å². The molecule has 26 heavy (non-hydrogen) atoms. The molecular weight excluding hydrogens is 358 g/mol. The molecule has 1 N–H and O–H groups in total. The van der Waals surface area contributed by atoms with Gasteiger partial charge in [0.2, 0.25) is 5.91 Å². The normalized spacial score (nSPS) is 15.0. The topological polar surface area (TPSA) is 87.5 Å². The molecule has 0 bridgehead atoms. The number of amides is 3. The number of hydrogen-bond donors (Lipinski definition) is 1. The van der Waals surface area contributed by atoms with Crippen LogP contribution in [0, 0.1) is 6.92 Å². The molecule has 1 aliphatic rings. The first-order chi connectivity index (χ1) is 12.2. The van der Waals surface area contributed by atoms with Gasteiger partial charge >= 0.3 is 11.8 Å². The number of nitrogens with zero attached hydrogens (tertiary/aromatic N) is 4. The van der Waals surface area contributed by atoms with Gasteiger partial charge in [0.15, 0.2) is 0 Å². The van der Waals surface area contributed by atoms with Gasteiger partial charge in [-0.3, -0.25) is 19.1 Å². The van der Waals surface area contributed by atoms with Crippen molar-refractivity contribution in [1.82, 2.24) is 24.9 Å². The Balaban J connectivity index is 1.91. The van der Waals surface area contributed by atoms with Crippen LogP contribution in [0.3, 0.4) is 0 Å². The Morgan fingerprint density at radius 2 is 1.73 bits per heavy atom. The number of halogens is 1. The number of carbonyl (C=O) groups is 3. The molecule has 0 spiro atoms. The summed E-state index contributed by atoms with van der Waals surface area (Å²) in [6, 6.07) is -0.0952. The largest absolute Gasteiger partial charge is 0.346 e. The summed E-state index contributed by atoms with van der Waals surface area (Å²) in [6.45, 7) is 6.83. The van der Waals surface area contributed by atoms with Gasteiger partial charge in [-0.25, -0.2) is 0 Å². The van der Waals surface area contributed by atoms with Gasteiger partial charge in [-0.15, -0.1) is 0 Å². The second kappa shape index (κ2) is 8.35. The lowest BCUT2D eigenvalue weighted by molar-refractivity contribution is -0.148. The van der Waals surface area contributed by atoms with Gasteiger partial charge in [-0.1, -0.05) is 11.6 Å². The molecule has 0 aliphatic carbocycles. The summed E-state index contributed by atoms with van der Waals surface area (Å²) < 4.78 is 1.55. The first kappa shape index (κ1) is 20.0. The van der Waals surface area contributed by atoms with Crippen molar-refractivity contribution >= 4 is 35.4 Å². The van der Waals surface area contributed by atoms with Crippen LogP contribution in [0.4, 0.5) is 0 Å². The standard InChI is InChI=1S/C17H24ClN5O3/c1-11(2)19-16(25)17(26)23-9-7-22(8-10-23)14(24)6-5-13-12(3)20-21(4)15(13)18/h5-6,11H,7-10H2,1-4H3,(H,19,25)/b6-5+. The summed E-state index contributed by atoms with van der Waals surface area (Å²) in [5, 5.41) is 7.25. The monoisotopic (exact) mass is 381 g/mol. The number of piperazine rings is 1. The number of aryl methyl sites for hydroxylation is 2. The number of carbonyl (C=O) groups excluding carboxylic acids is 3. The molecule has 0 atom stereocenters. The molecule has 2 heterocycles. The SMILES string of the molecule is Cc1nn(C)c(Cl)c1/C=C/C(=O)N1CCN(C(=O)C(=O)NC(C)C)CC1. The molecule has 2 rings (SSSR count). The molecular formula is C17H24ClN5O3. The summed E-state index contributed by atoms with van der Waals surface area (Å²) in [5.74, 6) is -1.33. The number of hydrogen-bond acceptors (Lipinski definition) is 4. The van der Waals surface area contributed by atoms with Crippen molar-refractivity contribution in [2.75, 3.05) is 26.2 Å². The molecule has 1 fully saturated rings. The van der Waals surface area contributed by atoms with Crippen molar-refractivity contribution in [3.8, 4) is 0 Å². The Morgan fingerprint density at radius 1 is 1.15 bits per heavy atom. The highest BCUT2D eigenvalue weighted by Gasteiger charge is 2.27. The second-order valence-corrected chi connectivity index (χ2v) is 6.85. The van der Waals surface area contributed by atoms with Crippen LogP contribution in [0.5, 0.6) is 0 Å². The van der Waals surface area contributed by atoms with Crippen LogP contribution >= 0.6 is 11.6 Å². The summed E-state index contributed by atoms with van der Waals surface area (Å²) in [5.41, 5.74) is 1.45. The maximum atomic E-state index is 12.3. The average molecular weight is 382 g/mol. The summed E-state index contributed by atoms with van der Waals surface area (Å²) in [4.78, 5) is 39.3. The lowest BCUT2D eigenvalue weighted by atomic mass is 10.2. The van der Waals surface area contributed by atoms with E-state index in [0.29, 0.717) is 36.9 Å². The van der Waals surface area contributed by atoms with Crippen molar-refractivity contribution in [3.63, 3.8) is 0 Å². The van der Waals surface area contributed by atoms with Gasteiger partial charge in [0.25, 0.3) is 0 Å². The van der Waals surface area contributed by atoms with E-state index in [1.54, 1.807) is 36.6 Å². The molecule has 3 amide bonds. The van der Waals surface area contributed by atoms with E-state index in [4.69, 9.17) is 11.6 Å². The Bertz CT molecular complexity index is 733. The summed E-state index contributed by atoms with van der Waals surface area (Å²) in [6.07, 6.45) is 3.11. The van der Waals surface area contributed by atoms with Gasteiger partial charge in [0.05, 0.1) is 5.69 Å². The third-order valence-corrected chi connectivity index (χ3v) is 4.53. The van der Waals surface area contributed by atoms with Crippen molar-refractivity contribution in [1.29, 1.82) is 0 Å². The maximum Gasteiger partial charge on any atom is 0.312 e. The van der Waals surface area contributed by atoms with Crippen LogP contribution in [0.1, 0.15) is 25.1 Å². The maximum absolute atomic E-state index is 12.3. The first-order valence-electron chi connectivity index (χ1n) is 8.46. The fourth-order valence-corrected chi connectivity index (χ4v) is 2.93. The van der Waals surface area contributed by atoms with Gasteiger partial charge in [0.1, 0.15) is 5.15 Å². The predicted molar refractivity (Wildman–Crippen MR) is 98.4 cm³/mol. The highest BCUT2D eigenvalue weighted by molar-refractivity contribution is 6.35. The zero-order chi connectivity index (χ0) is 19.4. The molecule has 0 radical (unpaired) electrons. The molecule has 1 aliphatic heterocycles. The Morgan fingerprint density at radius 3 is 2.23 bits per heavy atom. The lowest BCUT2D eigenvalue weighted by Gasteiger charge is -2.33. The van der Waals surface area contributed by atoms with E-state index in [1.165, 1.54) is 11.0 Å². The Hall–Kier alpha value is -2.35. The third kappa shape index (κ3) is 4.63. The summed E-state index contributed by atoms with van der Waals surface area (Å²) in [7, 11) is 1.74. The van der Waals surface area contributed by atoms with E-state index in [1.807, 2.05) is 6.92 Å². The van der Waals surface area contributed by atoms with E-state index in [0.717, 1.165) is 5.69 Å². The van der Waals surface area contributed by atoms with E-state index in [2.05, 4.69) is 10.4 Å². The van der Waals surface area contributed by atoms with E-state index in [9.17, 15) is 14.4 Å². The van der Waals surface area contributed by atoms with Crippen molar-refractivity contribution in [2.24, 2.45) is 7.05 Å². The van der Waals surface area contributed by atoms with Crippen LogP contribution in [0.2, 0.25) is 5.15 Å². The van der Waals surface area contributed by atoms with Crippen LogP contribution in [-0.4, -0.2) is 69.5 Å². The Kier molecular flexibility index (Phi) is 6.42. The third-order valence-electron chi connectivity index (χ3n) is 4.08. The van der Waals surface area contributed by atoms with Crippen LogP contribution in [0.15, 0.2) is 6.08 Å². The van der Waals surface area contributed by atoms with Gasteiger partial charge in [0, 0.05) is 50.9 Å². The van der Waals surface area contributed by atoms with Crippen molar-refractivity contribution in [2.45, 2.75) is 26.8 Å². The fraction of sp³-hybridized carbons (Fsp3) is 0.529. The second-order valence-electron chi connectivity index (χ2n) is 6.49. The molecule has 0 aromatic carbocycles. The van der Waals surface area contributed by atoms with Gasteiger partial charge < -0.3 is 15.1 Å². The molecule has 0 saturated carbocycles. The minimum Gasteiger partial charge on any atom is -0.346 e. The van der Waals surface area contributed by atoms with Crippen LogP contribution in [-0.2, 0) is 21.4 Å². The molecule has 142 valence electrons. The van der Waals surface area contributed by atoms with Crippen LogP contribution < -0.4 is 5.32 Å². The molecule has 9 heteroatoms. The number of rotatable bonds is 3. The zero-order valence-corrected chi connectivity index (χ0v) is 16.2. The molecule has 1 aromatic rings. The number of nitrogens with one attached hydrogen (secondary N) is 1. The lowest BCUT2D eigenvalue weighted by Crippen LogP contribution is -2.54. The van der Waals surface area contributed by atoms with Crippen LogP contribution in [0.25, 0.3) is 6.08 Å². The molecule has 0 unspecified atom stereocenters. The molecule has 1 aromatic heterocycles. The summed E-state index contributed by atoms with van der Waals surface area (Å²) >= 11 is 6.15. The average Bonchev–Trinajstić information content (AvgIpc) is 2.83. The minimum absolute atomic E-state index is 0.0952. The first-order valence-corrected chi connectivity index (χ1v) is 8.84. The molecule has 8 nitrogen and oxygen atoms in total. The van der Waals surface area contributed by atoms with E-state index < -0.39 is 11.8 Å². The van der Waals surface area contributed by atoms with Crippen molar-refractivity contribution < 1.29 is 14.4 Å². The predicted octanol–water partition coefficient (Wildman–Crippen LogP) is 0.591.